The van der Waals surface area contributed by atoms with Crippen molar-refractivity contribution in [2.45, 2.75) is 0 Å². The minimum Gasteiger partial charge on any atom is -0.345 e. The first-order valence-corrected chi connectivity index (χ1v) is 6.74. The Morgan fingerprint density at radius 1 is 1.22 bits per heavy atom. The maximum absolute atomic E-state index is 12.3. The Morgan fingerprint density at radius 2 is 2.09 bits per heavy atom. The van der Waals surface area contributed by atoms with Gasteiger partial charge in [-0.2, -0.15) is 0 Å². The summed E-state index contributed by atoms with van der Waals surface area (Å²) in [5.74, 6) is 0. The van der Waals surface area contributed by atoms with E-state index in [1.165, 1.54) is 18.2 Å². The van der Waals surface area contributed by atoms with Gasteiger partial charge in [-0.3, -0.25) is 14.9 Å². The minimum atomic E-state index is -0.517. The number of pyridine rings is 1. The lowest BCUT2D eigenvalue weighted by molar-refractivity contribution is -0.384. The van der Waals surface area contributed by atoms with Crippen LogP contribution in [0.25, 0.3) is 33.3 Å². The zero-order chi connectivity index (χ0) is 16.0. The number of hydrogen-bond donors (Lipinski definition) is 2. The topological polar surface area (TPSA) is 118 Å². The smallest absolute Gasteiger partial charge is 0.275 e. The highest BCUT2D eigenvalue weighted by Crippen LogP contribution is 2.25. The van der Waals surface area contributed by atoms with Crippen molar-refractivity contribution in [1.29, 1.82) is 0 Å². The second-order valence-electron chi connectivity index (χ2n) is 4.98. The van der Waals surface area contributed by atoms with Crippen LogP contribution in [0.15, 0.2) is 47.5 Å². The van der Waals surface area contributed by atoms with Gasteiger partial charge >= 0.3 is 0 Å². The minimum absolute atomic E-state index is 0.0982. The molecule has 2 N–H and O–H groups in total. The van der Waals surface area contributed by atoms with Gasteiger partial charge in [-0.05, 0) is 18.2 Å². The highest BCUT2D eigenvalue weighted by molar-refractivity contribution is 5.93. The highest BCUT2D eigenvalue weighted by Gasteiger charge is 2.14. The van der Waals surface area contributed by atoms with Gasteiger partial charge in [0.25, 0.3) is 11.2 Å². The number of nitrogens with one attached hydrogen (secondary N) is 2. The van der Waals surface area contributed by atoms with E-state index in [2.05, 4.69) is 19.9 Å². The molecular formula is C15H9N5O3. The van der Waals surface area contributed by atoms with E-state index in [0.717, 1.165) is 5.39 Å². The average Bonchev–Trinajstić information content (AvgIpc) is 2.97. The number of nitro benzene ring substituents is 1. The van der Waals surface area contributed by atoms with E-state index >= 15 is 0 Å². The summed E-state index contributed by atoms with van der Waals surface area (Å²) in [7, 11) is 0. The summed E-state index contributed by atoms with van der Waals surface area (Å²) >= 11 is 0. The van der Waals surface area contributed by atoms with Gasteiger partial charge in [0.15, 0.2) is 0 Å². The first-order valence-electron chi connectivity index (χ1n) is 6.74. The van der Waals surface area contributed by atoms with Crippen molar-refractivity contribution in [3.8, 4) is 11.3 Å². The summed E-state index contributed by atoms with van der Waals surface area (Å²) in [5.41, 5.74) is 1.82. The van der Waals surface area contributed by atoms with Gasteiger partial charge < -0.3 is 9.97 Å². The first-order chi connectivity index (χ1) is 11.1. The molecule has 0 saturated heterocycles. The Balaban J connectivity index is 1.98. The van der Waals surface area contributed by atoms with Crippen LogP contribution in [0, 0.1) is 10.1 Å². The fourth-order valence-electron chi connectivity index (χ4n) is 2.52. The van der Waals surface area contributed by atoms with Crippen LogP contribution < -0.4 is 5.56 Å². The molecule has 0 fully saturated rings. The van der Waals surface area contributed by atoms with Crippen molar-refractivity contribution in [3.63, 3.8) is 0 Å². The molecule has 0 aliphatic rings. The number of rotatable bonds is 2. The second-order valence-corrected chi connectivity index (χ2v) is 4.98. The van der Waals surface area contributed by atoms with Crippen LogP contribution in [0.4, 0.5) is 5.69 Å². The molecular weight excluding hydrogens is 298 g/mol. The lowest BCUT2D eigenvalue weighted by atomic mass is 10.1. The van der Waals surface area contributed by atoms with E-state index < -0.39 is 10.5 Å². The van der Waals surface area contributed by atoms with Gasteiger partial charge in [0.05, 0.1) is 16.0 Å². The normalized spacial score (nSPS) is 11.1. The standard InChI is InChI=1S/C15H9N5O3/c21-15-13(10-7-17-14-9(10)2-1-5-16-14)18-11-4-3-8(20(22)23)6-12(11)19-15/h1-7H,(H,16,17)(H,19,21). The van der Waals surface area contributed by atoms with E-state index in [-0.39, 0.29) is 11.4 Å². The number of aromatic amines is 2. The number of nitrogens with zero attached hydrogens (tertiary/aromatic N) is 3. The van der Waals surface area contributed by atoms with Crippen molar-refractivity contribution < 1.29 is 4.92 Å². The predicted molar refractivity (Wildman–Crippen MR) is 84.1 cm³/mol. The molecule has 23 heavy (non-hydrogen) atoms. The average molecular weight is 307 g/mol. The lowest BCUT2D eigenvalue weighted by Gasteiger charge is -2.02. The Morgan fingerprint density at radius 3 is 2.91 bits per heavy atom. The van der Waals surface area contributed by atoms with E-state index in [0.29, 0.717) is 22.2 Å². The van der Waals surface area contributed by atoms with E-state index in [9.17, 15) is 14.9 Å². The molecule has 112 valence electrons. The van der Waals surface area contributed by atoms with Crippen molar-refractivity contribution in [3.05, 3.63) is 63.2 Å². The number of fused-ring (bicyclic) bond motifs is 2. The summed E-state index contributed by atoms with van der Waals surface area (Å²) in [6.07, 6.45) is 3.33. The summed E-state index contributed by atoms with van der Waals surface area (Å²) < 4.78 is 0. The van der Waals surface area contributed by atoms with Crippen LogP contribution in [0.1, 0.15) is 0 Å². The highest BCUT2D eigenvalue weighted by atomic mass is 16.6. The fraction of sp³-hybridized carbons (Fsp3) is 0. The molecule has 4 rings (SSSR count). The molecule has 3 heterocycles. The molecule has 3 aromatic heterocycles. The van der Waals surface area contributed by atoms with Gasteiger partial charge in [-0.1, -0.05) is 0 Å². The number of non-ortho nitro benzene ring substituents is 1. The number of aromatic nitrogens is 4. The Hall–Kier alpha value is -3.55. The zero-order valence-corrected chi connectivity index (χ0v) is 11.6. The van der Waals surface area contributed by atoms with Crippen molar-refractivity contribution in [1.82, 2.24) is 19.9 Å². The van der Waals surface area contributed by atoms with Crippen LogP contribution in [0.5, 0.6) is 0 Å². The van der Waals surface area contributed by atoms with Gasteiger partial charge in [0.1, 0.15) is 11.3 Å². The van der Waals surface area contributed by atoms with Crippen molar-refractivity contribution in [2.24, 2.45) is 0 Å². The number of benzene rings is 1. The summed E-state index contributed by atoms with van der Waals surface area (Å²) in [5, 5.41) is 11.6. The van der Waals surface area contributed by atoms with E-state index in [1.54, 1.807) is 18.5 Å². The molecule has 0 unspecified atom stereocenters. The SMILES string of the molecule is O=c1[nH]c2cc([N+](=O)[O-])ccc2nc1-c1c[nH]c2ncccc12. The maximum Gasteiger partial charge on any atom is 0.275 e. The van der Waals surface area contributed by atoms with Crippen LogP contribution in [-0.2, 0) is 0 Å². The Labute approximate surface area is 128 Å². The second kappa shape index (κ2) is 4.73. The lowest BCUT2D eigenvalue weighted by Crippen LogP contribution is -2.11. The quantitative estimate of drug-likeness (QED) is 0.435. The largest absolute Gasteiger partial charge is 0.345 e. The van der Waals surface area contributed by atoms with Crippen LogP contribution in [0.2, 0.25) is 0 Å². The third kappa shape index (κ3) is 2.04. The van der Waals surface area contributed by atoms with E-state index in [4.69, 9.17) is 0 Å². The van der Waals surface area contributed by atoms with Gasteiger partial charge in [-0.15, -0.1) is 0 Å². The molecule has 0 bridgehead atoms. The van der Waals surface area contributed by atoms with Gasteiger partial charge in [0, 0.05) is 35.5 Å². The predicted octanol–water partition coefficient (Wildman–Crippen LogP) is 2.37. The Kier molecular flexibility index (Phi) is 2.70. The molecule has 4 aromatic rings. The number of hydrogen-bond acceptors (Lipinski definition) is 5. The van der Waals surface area contributed by atoms with Crippen LogP contribution in [0.3, 0.4) is 0 Å². The van der Waals surface area contributed by atoms with Crippen molar-refractivity contribution >= 4 is 27.8 Å². The maximum atomic E-state index is 12.3. The summed E-state index contributed by atoms with van der Waals surface area (Å²) in [6.45, 7) is 0. The molecule has 0 aliphatic carbocycles. The molecule has 0 aliphatic heterocycles. The monoisotopic (exact) mass is 307 g/mol. The molecule has 8 heteroatoms. The third-order valence-corrected chi connectivity index (χ3v) is 3.59. The molecule has 0 radical (unpaired) electrons. The fourth-order valence-corrected chi connectivity index (χ4v) is 2.52. The number of H-pyrrole nitrogens is 2. The molecule has 1 aromatic carbocycles. The summed E-state index contributed by atoms with van der Waals surface area (Å²) in [6, 6.07) is 7.78. The molecule has 0 amide bonds. The van der Waals surface area contributed by atoms with Crippen LogP contribution in [-0.4, -0.2) is 24.9 Å². The Bertz CT molecular complexity index is 1130. The zero-order valence-electron chi connectivity index (χ0n) is 11.6. The van der Waals surface area contributed by atoms with Gasteiger partial charge in [-0.25, -0.2) is 9.97 Å². The first kappa shape index (κ1) is 13.1. The molecule has 8 nitrogen and oxygen atoms in total. The van der Waals surface area contributed by atoms with Crippen molar-refractivity contribution in [2.75, 3.05) is 0 Å². The number of nitro groups is 1. The van der Waals surface area contributed by atoms with Gasteiger partial charge in [0.2, 0.25) is 0 Å². The molecule has 0 atom stereocenters. The van der Waals surface area contributed by atoms with Crippen LogP contribution >= 0.6 is 0 Å². The molecule has 0 spiro atoms. The third-order valence-electron chi connectivity index (χ3n) is 3.59. The van der Waals surface area contributed by atoms with E-state index in [1.807, 2.05) is 6.07 Å². The molecule has 0 saturated carbocycles. The summed E-state index contributed by atoms with van der Waals surface area (Å²) in [4.78, 5) is 36.8.